The van der Waals surface area contributed by atoms with E-state index in [0.717, 1.165) is 61.8 Å². The van der Waals surface area contributed by atoms with E-state index in [1.165, 1.54) is 38.5 Å². The Morgan fingerprint density at radius 2 is 0.712 bits per heavy atom. The Kier molecular flexibility index (Phi) is 10.4. The first-order valence-electron chi connectivity index (χ1n) is 25.1. The van der Waals surface area contributed by atoms with Crippen molar-refractivity contribution in [3.8, 4) is 67.9 Å². The Morgan fingerprint density at radius 3 is 1.10 bits per heavy atom. The maximum Gasteiger partial charge on any atom is 0.246 e. The van der Waals surface area contributed by atoms with Crippen LogP contribution in [0.1, 0.15) is 13.8 Å². The van der Waals surface area contributed by atoms with Gasteiger partial charge in [0.2, 0.25) is 26.0 Å². The highest BCUT2D eigenvalue weighted by molar-refractivity contribution is 7.02. The molecule has 4 unspecified atom stereocenters. The van der Waals surface area contributed by atoms with Crippen LogP contribution in [0.4, 0.5) is 17.1 Å². The van der Waals surface area contributed by atoms with Crippen LogP contribution < -0.4 is 47.2 Å². The summed E-state index contributed by atoms with van der Waals surface area (Å²) in [6.07, 6.45) is -0.178. The largest absolute Gasteiger partial charge is 0.462 e. The van der Waals surface area contributed by atoms with Gasteiger partial charge in [-0.25, -0.2) is 15.0 Å². The molecule has 0 bridgehead atoms. The van der Waals surface area contributed by atoms with E-state index in [2.05, 4.69) is 163 Å². The molecule has 0 radical (unpaired) electrons. The van der Waals surface area contributed by atoms with Gasteiger partial charge in [0, 0.05) is 33.8 Å². The molecule has 348 valence electrons. The predicted octanol–water partition coefficient (Wildman–Crippen LogP) is 9.58. The van der Waals surface area contributed by atoms with E-state index in [9.17, 15) is 0 Å². The zero-order valence-corrected chi connectivity index (χ0v) is 40.2. The molecule has 4 aliphatic rings. The van der Waals surface area contributed by atoms with Crippen LogP contribution in [0.2, 0.25) is 0 Å². The van der Waals surface area contributed by atoms with E-state index in [4.69, 9.17) is 33.9 Å². The standard InChI is InChI=1S/C63H46B2N4O4/c1-39-62(70-39)72-50-29-23-41(24-30-50)45-27-33-56-52(35-45)64(48-19-11-5-12-20-48)54-37-47(61-67-59(43-15-7-3-8-16-43)66-60(68-61)44-17-9-4-10-18-44)38-55-58(54)69(56)57-34-28-46(36-53(57)65(55)49-21-13-6-14-22-49)42-25-31-51(32-26-42)73-63-40(2)71-63/h3-40,62-63H,1-2H3. The fourth-order valence-electron chi connectivity index (χ4n) is 10.8. The van der Waals surface area contributed by atoms with Gasteiger partial charge in [-0.15, -0.1) is 0 Å². The first kappa shape index (κ1) is 43.2. The van der Waals surface area contributed by atoms with Crippen LogP contribution in [0.25, 0.3) is 56.4 Å². The van der Waals surface area contributed by atoms with Gasteiger partial charge in [0.25, 0.3) is 0 Å². The number of hydrogen-bond acceptors (Lipinski definition) is 8. The van der Waals surface area contributed by atoms with Gasteiger partial charge in [0.1, 0.15) is 23.7 Å². The monoisotopic (exact) mass is 944 g/mol. The molecule has 0 amide bonds. The molecule has 2 saturated heterocycles. The summed E-state index contributed by atoms with van der Waals surface area (Å²) in [5, 5.41) is 0. The Bertz CT molecular complexity index is 3470. The average Bonchev–Trinajstić information content (AvgIpc) is 4.36. The first-order chi connectivity index (χ1) is 36.0. The number of nitrogens with zero attached hydrogens (tertiary/aromatic N) is 4. The van der Waals surface area contributed by atoms with E-state index in [1.54, 1.807) is 0 Å². The van der Waals surface area contributed by atoms with Gasteiger partial charge in [0.15, 0.2) is 17.5 Å². The lowest BCUT2D eigenvalue weighted by Crippen LogP contribution is -2.65. The third-order valence-corrected chi connectivity index (χ3v) is 14.6. The molecule has 0 spiro atoms. The van der Waals surface area contributed by atoms with E-state index >= 15 is 0 Å². The Balaban J connectivity index is 1.01. The summed E-state index contributed by atoms with van der Waals surface area (Å²) in [5.74, 6) is 3.43. The molecule has 4 atom stereocenters. The summed E-state index contributed by atoms with van der Waals surface area (Å²) in [5.41, 5.74) is 17.8. The Labute approximate surface area is 425 Å². The molecule has 4 aliphatic heterocycles. The second kappa shape index (κ2) is 17.6. The molecule has 9 aromatic carbocycles. The van der Waals surface area contributed by atoms with Crippen LogP contribution in [0.5, 0.6) is 11.5 Å². The van der Waals surface area contributed by atoms with E-state index in [1.807, 2.05) is 74.5 Å². The van der Waals surface area contributed by atoms with E-state index in [-0.39, 0.29) is 38.2 Å². The number of rotatable bonds is 11. The van der Waals surface area contributed by atoms with Gasteiger partial charge < -0.3 is 23.8 Å². The lowest BCUT2D eigenvalue weighted by molar-refractivity contribution is 0.178. The van der Waals surface area contributed by atoms with Crippen LogP contribution in [-0.4, -0.2) is 53.2 Å². The minimum Gasteiger partial charge on any atom is -0.462 e. The number of epoxide rings is 2. The Hall–Kier alpha value is -8.56. The fourth-order valence-corrected chi connectivity index (χ4v) is 10.8. The molecule has 5 heterocycles. The molecule has 10 aromatic rings. The predicted molar refractivity (Wildman–Crippen MR) is 294 cm³/mol. The third-order valence-electron chi connectivity index (χ3n) is 14.6. The number of fused-ring (bicyclic) bond motifs is 4. The van der Waals surface area contributed by atoms with Gasteiger partial charge in [-0.3, -0.25) is 0 Å². The highest BCUT2D eigenvalue weighted by Gasteiger charge is 2.44. The maximum absolute atomic E-state index is 6.07. The molecular formula is C63H46B2N4O4. The molecular weight excluding hydrogens is 898 g/mol. The lowest BCUT2D eigenvalue weighted by atomic mass is 9.30. The van der Waals surface area contributed by atoms with Crippen molar-refractivity contribution >= 4 is 63.3 Å². The number of anilines is 3. The average molecular weight is 945 g/mol. The molecule has 1 aromatic heterocycles. The van der Waals surface area contributed by atoms with Crippen LogP contribution >= 0.6 is 0 Å². The summed E-state index contributed by atoms with van der Waals surface area (Å²) in [7, 11) is 0. The molecule has 73 heavy (non-hydrogen) atoms. The van der Waals surface area contributed by atoms with Crippen LogP contribution in [0, 0.1) is 0 Å². The SMILES string of the molecule is CC1OC1Oc1ccc(-c2ccc3c(c2)B(c2ccccc2)c2cc(-c4nc(-c5ccccc5)nc(-c5ccccc5)n4)cc4c2N3c2ccc(-c3ccc(OC5OC5C)cc3)cc2B4c2ccccc2)cc1. The van der Waals surface area contributed by atoms with Crippen molar-refractivity contribution in [3.63, 3.8) is 0 Å². The van der Waals surface area contributed by atoms with Gasteiger partial charge in [0.05, 0.1) is 0 Å². The second-order valence-electron chi connectivity index (χ2n) is 19.3. The lowest BCUT2D eigenvalue weighted by Gasteiger charge is -2.44. The highest BCUT2D eigenvalue weighted by atomic mass is 16.8. The summed E-state index contributed by atoms with van der Waals surface area (Å²) in [6, 6.07) is 77.6. The summed E-state index contributed by atoms with van der Waals surface area (Å²) >= 11 is 0. The fraction of sp³-hybridized carbons (Fsp3) is 0.0952. The topological polar surface area (TPSA) is 85.4 Å². The highest BCUT2D eigenvalue weighted by Crippen LogP contribution is 2.41. The van der Waals surface area contributed by atoms with Gasteiger partial charge >= 0.3 is 0 Å². The second-order valence-corrected chi connectivity index (χ2v) is 19.3. The Morgan fingerprint density at radius 1 is 0.370 bits per heavy atom. The number of benzene rings is 9. The van der Waals surface area contributed by atoms with Gasteiger partial charge in [-0.2, -0.15) is 0 Å². The number of aromatic nitrogens is 3. The molecule has 0 saturated carbocycles. The molecule has 10 heteroatoms. The molecule has 8 nitrogen and oxygen atoms in total. The van der Waals surface area contributed by atoms with Crippen molar-refractivity contribution in [1.82, 2.24) is 15.0 Å². The number of hydrogen-bond donors (Lipinski definition) is 0. The van der Waals surface area contributed by atoms with Crippen LogP contribution in [-0.2, 0) is 9.47 Å². The van der Waals surface area contributed by atoms with Crippen molar-refractivity contribution in [3.05, 3.63) is 218 Å². The first-order valence-corrected chi connectivity index (χ1v) is 25.1. The van der Waals surface area contributed by atoms with E-state index in [0.29, 0.717) is 17.5 Å². The van der Waals surface area contributed by atoms with Crippen LogP contribution in [0.3, 0.4) is 0 Å². The van der Waals surface area contributed by atoms with Crippen molar-refractivity contribution in [2.75, 3.05) is 4.90 Å². The minimum absolute atomic E-state index is 0.105. The normalized spacial score (nSPS) is 17.8. The van der Waals surface area contributed by atoms with Gasteiger partial charge in [-0.05, 0) is 94.4 Å². The van der Waals surface area contributed by atoms with E-state index < -0.39 is 0 Å². The zero-order chi connectivity index (χ0) is 48.6. The van der Waals surface area contributed by atoms with Gasteiger partial charge in [-0.1, -0.05) is 193 Å². The molecule has 0 aliphatic carbocycles. The number of ether oxygens (including phenoxy) is 4. The quantitative estimate of drug-likeness (QED) is 0.0938. The van der Waals surface area contributed by atoms with Crippen molar-refractivity contribution < 1.29 is 18.9 Å². The molecule has 14 rings (SSSR count). The van der Waals surface area contributed by atoms with Crippen molar-refractivity contribution in [2.45, 2.75) is 38.6 Å². The molecule has 2 fully saturated rings. The minimum atomic E-state index is -0.194. The van der Waals surface area contributed by atoms with Crippen molar-refractivity contribution in [1.29, 1.82) is 0 Å². The third kappa shape index (κ3) is 7.96. The smallest absolute Gasteiger partial charge is 0.246 e. The van der Waals surface area contributed by atoms with Crippen LogP contribution in [0.15, 0.2) is 218 Å². The molecule has 0 N–H and O–H groups in total. The summed E-state index contributed by atoms with van der Waals surface area (Å²) in [4.78, 5) is 18.3. The zero-order valence-electron chi connectivity index (χ0n) is 40.2. The summed E-state index contributed by atoms with van der Waals surface area (Å²) in [6.45, 7) is 3.75. The van der Waals surface area contributed by atoms with Crippen molar-refractivity contribution in [2.24, 2.45) is 0 Å². The summed E-state index contributed by atoms with van der Waals surface area (Å²) < 4.78 is 23.3. The maximum atomic E-state index is 6.07.